The van der Waals surface area contributed by atoms with Crippen LogP contribution in [0.1, 0.15) is 20.3 Å². The van der Waals surface area contributed by atoms with Crippen molar-refractivity contribution < 1.29 is 4.80 Å². The summed E-state index contributed by atoms with van der Waals surface area (Å²) in [4.78, 5) is 10.1. The first-order valence-electron chi connectivity index (χ1n) is 5.10. The summed E-state index contributed by atoms with van der Waals surface area (Å²) >= 11 is 0. The van der Waals surface area contributed by atoms with Crippen molar-refractivity contribution in [2.75, 3.05) is 0 Å². The van der Waals surface area contributed by atoms with Gasteiger partial charge < -0.3 is 10.5 Å². The molecule has 1 rings (SSSR count). The molecule has 2 nitrogen and oxygen atoms in total. The maximum absolute atomic E-state index is 10.1. The first-order valence-corrected chi connectivity index (χ1v) is 6.86. The Labute approximate surface area is 87.5 Å². The van der Waals surface area contributed by atoms with Crippen molar-refractivity contribution in [3.63, 3.8) is 0 Å². The topological polar surface area (TPSA) is 46.2 Å². The molecular formula is C11H19NOSi. The minimum Gasteiger partial charge on any atom is -0.429 e. The first-order chi connectivity index (χ1) is 6.61. The van der Waals surface area contributed by atoms with Crippen molar-refractivity contribution in [2.45, 2.75) is 25.9 Å². The molecule has 0 aromatic heterocycles. The highest BCUT2D eigenvalue weighted by Gasteiger charge is 2.19. The van der Waals surface area contributed by atoms with E-state index in [2.05, 4.69) is 13.8 Å². The molecule has 0 aliphatic heterocycles. The van der Waals surface area contributed by atoms with Gasteiger partial charge in [-0.3, -0.25) is 0 Å². The lowest BCUT2D eigenvalue weighted by molar-refractivity contribution is 0.506. The molecule has 2 atom stereocenters. The van der Waals surface area contributed by atoms with Gasteiger partial charge in [-0.25, -0.2) is 0 Å². The van der Waals surface area contributed by atoms with Gasteiger partial charge in [0.25, 0.3) is 0 Å². The molecule has 0 fully saturated rings. The lowest BCUT2D eigenvalue weighted by Gasteiger charge is -2.18. The highest BCUT2D eigenvalue weighted by molar-refractivity contribution is 6.67. The molecule has 0 saturated carbocycles. The standard InChI is InChI=1S/C11H19NOSi/c1-9(2)8-11(12)14(13)10-6-4-3-5-7-10/h3-7,9,11,13-14H,8,12H2,1-2H3. The predicted octanol–water partition coefficient (Wildman–Crippen LogP) is 0.522. The van der Waals surface area contributed by atoms with E-state index in [9.17, 15) is 4.80 Å². The highest BCUT2D eigenvalue weighted by Crippen LogP contribution is 2.04. The Hall–Kier alpha value is -0.643. The molecule has 0 spiro atoms. The Morgan fingerprint density at radius 1 is 1.29 bits per heavy atom. The molecule has 1 aromatic rings. The zero-order chi connectivity index (χ0) is 10.6. The van der Waals surface area contributed by atoms with Crippen molar-refractivity contribution in [2.24, 2.45) is 11.7 Å². The van der Waals surface area contributed by atoms with Gasteiger partial charge >= 0.3 is 0 Å². The van der Waals surface area contributed by atoms with Crippen LogP contribution in [0.2, 0.25) is 0 Å². The summed E-state index contributed by atoms with van der Waals surface area (Å²) in [7, 11) is -1.93. The average Bonchev–Trinajstić information content (AvgIpc) is 2.17. The van der Waals surface area contributed by atoms with Gasteiger partial charge in [0.2, 0.25) is 9.04 Å². The Morgan fingerprint density at radius 3 is 2.36 bits per heavy atom. The van der Waals surface area contributed by atoms with Crippen molar-refractivity contribution in [3.05, 3.63) is 30.3 Å². The van der Waals surface area contributed by atoms with Crippen LogP contribution in [-0.4, -0.2) is 19.5 Å². The van der Waals surface area contributed by atoms with Gasteiger partial charge in [-0.15, -0.1) is 0 Å². The van der Waals surface area contributed by atoms with E-state index in [0.717, 1.165) is 11.6 Å². The van der Waals surface area contributed by atoms with Gasteiger partial charge in [-0.05, 0) is 17.5 Å². The molecule has 0 aliphatic carbocycles. The molecule has 2 unspecified atom stereocenters. The largest absolute Gasteiger partial charge is 0.429 e. The molecular weight excluding hydrogens is 190 g/mol. The van der Waals surface area contributed by atoms with Crippen LogP contribution < -0.4 is 10.9 Å². The third-order valence-electron chi connectivity index (χ3n) is 2.29. The summed E-state index contributed by atoms with van der Waals surface area (Å²) in [6.07, 6.45) is 0.905. The number of nitrogens with two attached hydrogens (primary N) is 1. The summed E-state index contributed by atoms with van der Waals surface area (Å²) in [6, 6.07) is 9.80. The van der Waals surface area contributed by atoms with Gasteiger partial charge in [0, 0.05) is 5.67 Å². The third kappa shape index (κ3) is 3.25. The summed E-state index contributed by atoms with van der Waals surface area (Å²) < 4.78 is 0. The normalized spacial score (nSPS) is 15.5. The van der Waals surface area contributed by atoms with Crippen LogP contribution in [0.5, 0.6) is 0 Å². The van der Waals surface area contributed by atoms with E-state index < -0.39 is 9.04 Å². The second-order valence-corrected chi connectivity index (χ2v) is 6.56. The Morgan fingerprint density at radius 2 is 1.86 bits per heavy atom. The van der Waals surface area contributed by atoms with Crippen molar-refractivity contribution >= 4 is 14.2 Å². The highest BCUT2D eigenvalue weighted by atomic mass is 28.3. The van der Waals surface area contributed by atoms with Crippen molar-refractivity contribution in [1.29, 1.82) is 0 Å². The van der Waals surface area contributed by atoms with Crippen LogP contribution in [0.15, 0.2) is 30.3 Å². The fraction of sp³-hybridized carbons (Fsp3) is 0.455. The fourth-order valence-electron chi connectivity index (χ4n) is 1.57. The first kappa shape index (κ1) is 11.4. The van der Waals surface area contributed by atoms with E-state index >= 15 is 0 Å². The maximum atomic E-state index is 10.1. The van der Waals surface area contributed by atoms with E-state index in [1.165, 1.54) is 0 Å². The summed E-state index contributed by atoms with van der Waals surface area (Å²) in [6.45, 7) is 4.26. The molecule has 0 saturated heterocycles. The van der Waals surface area contributed by atoms with Crippen LogP contribution in [0, 0.1) is 5.92 Å². The van der Waals surface area contributed by atoms with Gasteiger partial charge in [-0.2, -0.15) is 0 Å². The molecule has 1 aromatic carbocycles. The monoisotopic (exact) mass is 209 g/mol. The van der Waals surface area contributed by atoms with E-state index in [-0.39, 0.29) is 5.67 Å². The van der Waals surface area contributed by atoms with Crippen LogP contribution in [0.4, 0.5) is 0 Å². The van der Waals surface area contributed by atoms with Crippen molar-refractivity contribution in [1.82, 2.24) is 0 Å². The van der Waals surface area contributed by atoms with Crippen molar-refractivity contribution in [3.8, 4) is 0 Å². The Kier molecular flexibility index (Phi) is 4.32. The fourth-order valence-corrected chi connectivity index (χ4v) is 3.48. The van der Waals surface area contributed by atoms with E-state index in [0.29, 0.717) is 5.92 Å². The molecule has 3 heteroatoms. The molecule has 78 valence electrons. The lowest BCUT2D eigenvalue weighted by Crippen LogP contribution is -2.48. The molecule has 14 heavy (non-hydrogen) atoms. The second-order valence-electron chi connectivity index (χ2n) is 4.15. The number of hydrogen-bond acceptors (Lipinski definition) is 2. The van der Waals surface area contributed by atoms with Crippen LogP contribution in [0.3, 0.4) is 0 Å². The number of benzene rings is 1. The molecule has 0 bridgehead atoms. The minimum atomic E-state index is -1.93. The zero-order valence-electron chi connectivity index (χ0n) is 8.85. The van der Waals surface area contributed by atoms with E-state index in [1.807, 2.05) is 30.3 Å². The lowest BCUT2D eigenvalue weighted by atomic mass is 10.1. The second kappa shape index (κ2) is 5.29. The predicted molar refractivity (Wildman–Crippen MR) is 62.9 cm³/mol. The summed E-state index contributed by atoms with van der Waals surface area (Å²) in [5.74, 6) is 0.552. The maximum Gasteiger partial charge on any atom is 0.220 e. The summed E-state index contributed by atoms with van der Waals surface area (Å²) in [5.41, 5.74) is 5.93. The Balaban J connectivity index is 2.61. The SMILES string of the molecule is CC(C)CC(N)[SiH](O)c1ccccc1. The molecule has 0 heterocycles. The minimum absolute atomic E-state index is 0.0302. The smallest absolute Gasteiger partial charge is 0.220 e. The van der Waals surface area contributed by atoms with Gasteiger partial charge in [0.15, 0.2) is 0 Å². The van der Waals surface area contributed by atoms with Gasteiger partial charge in [-0.1, -0.05) is 44.2 Å². The number of rotatable bonds is 4. The van der Waals surface area contributed by atoms with Crippen LogP contribution >= 0.6 is 0 Å². The molecule has 0 amide bonds. The summed E-state index contributed by atoms with van der Waals surface area (Å²) in [5, 5.41) is 1.04. The van der Waals surface area contributed by atoms with Gasteiger partial charge in [0.1, 0.15) is 0 Å². The zero-order valence-corrected chi connectivity index (χ0v) is 10.0. The Bertz CT molecular complexity index is 263. The van der Waals surface area contributed by atoms with Crippen LogP contribution in [0.25, 0.3) is 0 Å². The van der Waals surface area contributed by atoms with E-state index in [1.54, 1.807) is 0 Å². The molecule has 3 N–H and O–H groups in total. The average molecular weight is 209 g/mol. The van der Waals surface area contributed by atoms with Gasteiger partial charge in [0.05, 0.1) is 0 Å². The molecule has 0 aliphatic rings. The number of hydrogen-bond donors (Lipinski definition) is 2. The quantitative estimate of drug-likeness (QED) is 0.710. The third-order valence-corrected chi connectivity index (χ3v) is 4.44. The molecule has 0 radical (unpaired) electrons. The van der Waals surface area contributed by atoms with Crippen LogP contribution in [-0.2, 0) is 0 Å². The van der Waals surface area contributed by atoms with E-state index in [4.69, 9.17) is 5.73 Å².